The van der Waals surface area contributed by atoms with Crippen molar-refractivity contribution in [2.75, 3.05) is 13.1 Å². The van der Waals surface area contributed by atoms with E-state index in [1.54, 1.807) is 0 Å². The lowest BCUT2D eigenvalue weighted by molar-refractivity contribution is -0.129. The summed E-state index contributed by atoms with van der Waals surface area (Å²) in [6.07, 6.45) is 5.34. The van der Waals surface area contributed by atoms with Crippen molar-refractivity contribution in [1.82, 2.24) is 10.6 Å². The Morgan fingerprint density at radius 2 is 1.76 bits per heavy atom. The largest absolute Gasteiger partial charge is 0.356 e. The average Bonchev–Trinajstić information content (AvgIpc) is 2.82. The lowest BCUT2D eigenvalue weighted by Crippen LogP contribution is -2.51. The van der Waals surface area contributed by atoms with E-state index in [1.807, 2.05) is 20.8 Å². The van der Waals surface area contributed by atoms with Gasteiger partial charge in [0, 0.05) is 24.9 Å². The van der Waals surface area contributed by atoms with E-state index in [0.717, 1.165) is 25.7 Å². The van der Waals surface area contributed by atoms with Crippen molar-refractivity contribution in [3.8, 4) is 0 Å². The molecule has 0 unspecified atom stereocenters. The minimum Gasteiger partial charge on any atom is -0.356 e. The van der Waals surface area contributed by atoms with Gasteiger partial charge < -0.3 is 16.4 Å². The molecular formula is C15H30ClN3O2. The van der Waals surface area contributed by atoms with Crippen LogP contribution < -0.4 is 16.4 Å². The Balaban J connectivity index is 0.00000400. The maximum absolute atomic E-state index is 11.9. The zero-order valence-electron chi connectivity index (χ0n) is 13.5. The van der Waals surface area contributed by atoms with Crippen LogP contribution in [-0.4, -0.2) is 30.4 Å². The first-order valence-electron chi connectivity index (χ1n) is 7.58. The molecule has 0 aliphatic heterocycles. The molecule has 0 spiro atoms. The summed E-state index contributed by atoms with van der Waals surface area (Å²) in [4.78, 5) is 23.6. The summed E-state index contributed by atoms with van der Waals surface area (Å²) in [5.74, 6) is 0.0643. The van der Waals surface area contributed by atoms with Gasteiger partial charge in [-0.05, 0) is 19.3 Å². The third kappa shape index (κ3) is 6.66. The Hall–Kier alpha value is -0.810. The number of nitrogens with two attached hydrogens (primary N) is 1. The summed E-state index contributed by atoms with van der Waals surface area (Å²) in [6.45, 7) is 6.68. The van der Waals surface area contributed by atoms with Crippen molar-refractivity contribution in [2.45, 2.75) is 64.8 Å². The van der Waals surface area contributed by atoms with E-state index in [4.69, 9.17) is 5.73 Å². The van der Waals surface area contributed by atoms with Gasteiger partial charge in [0.05, 0.1) is 5.54 Å². The molecule has 2 amide bonds. The van der Waals surface area contributed by atoms with E-state index in [2.05, 4.69) is 10.6 Å². The lowest BCUT2D eigenvalue weighted by atomic mass is 9.95. The highest BCUT2D eigenvalue weighted by Gasteiger charge is 2.33. The number of halogens is 1. The van der Waals surface area contributed by atoms with Gasteiger partial charge >= 0.3 is 0 Å². The van der Waals surface area contributed by atoms with Crippen LogP contribution in [0.2, 0.25) is 0 Å². The Kier molecular flexibility index (Phi) is 8.26. The molecule has 1 rings (SSSR count). The van der Waals surface area contributed by atoms with Gasteiger partial charge in [-0.2, -0.15) is 0 Å². The Bertz CT molecular complexity index is 347. The lowest BCUT2D eigenvalue weighted by Gasteiger charge is -2.28. The predicted molar refractivity (Wildman–Crippen MR) is 87.3 cm³/mol. The summed E-state index contributed by atoms with van der Waals surface area (Å²) < 4.78 is 0. The first kappa shape index (κ1) is 20.2. The maximum Gasteiger partial charge on any atom is 0.225 e. The standard InChI is InChI=1S/C15H29N3O2.ClH/c1-14(2,3)13(20)17-10-6-7-12(19)18-15(11-16)8-4-5-9-15;/h4-11,16H2,1-3H3,(H,17,20)(H,18,19);1H. The Labute approximate surface area is 134 Å². The number of hydrogen-bond acceptors (Lipinski definition) is 3. The summed E-state index contributed by atoms with van der Waals surface area (Å²) in [7, 11) is 0. The van der Waals surface area contributed by atoms with Crippen LogP contribution in [0.5, 0.6) is 0 Å². The molecule has 1 saturated carbocycles. The molecule has 1 aliphatic carbocycles. The molecule has 0 radical (unpaired) electrons. The summed E-state index contributed by atoms with van der Waals surface area (Å²) in [5, 5.41) is 5.94. The molecule has 1 fully saturated rings. The van der Waals surface area contributed by atoms with Gasteiger partial charge in [-0.15, -0.1) is 12.4 Å². The molecular weight excluding hydrogens is 290 g/mol. The van der Waals surface area contributed by atoms with Crippen LogP contribution >= 0.6 is 12.4 Å². The molecule has 21 heavy (non-hydrogen) atoms. The van der Waals surface area contributed by atoms with Crippen molar-refractivity contribution in [1.29, 1.82) is 0 Å². The fourth-order valence-corrected chi connectivity index (χ4v) is 2.51. The third-order valence-electron chi connectivity index (χ3n) is 3.90. The second-order valence-corrected chi connectivity index (χ2v) is 6.85. The van der Waals surface area contributed by atoms with Gasteiger partial charge in [-0.1, -0.05) is 33.6 Å². The zero-order valence-corrected chi connectivity index (χ0v) is 14.3. The minimum absolute atomic E-state index is 0. The summed E-state index contributed by atoms with van der Waals surface area (Å²) >= 11 is 0. The van der Waals surface area contributed by atoms with Gasteiger partial charge in [-0.3, -0.25) is 9.59 Å². The minimum atomic E-state index is -0.379. The van der Waals surface area contributed by atoms with Gasteiger partial charge in [0.1, 0.15) is 0 Å². The number of amides is 2. The quantitative estimate of drug-likeness (QED) is 0.652. The molecule has 0 aromatic heterocycles. The first-order chi connectivity index (χ1) is 9.29. The number of hydrogen-bond donors (Lipinski definition) is 3. The average molecular weight is 320 g/mol. The van der Waals surface area contributed by atoms with Crippen LogP contribution in [0.4, 0.5) is 0 Å². The van der Waals surface area contributed by atoms with E-state index in [0.29, 0.717) is 25.9 Å². The third-order valence-corrected chi connectivity index (χ3v) is 3.90. The first-order valence-corrected chi connectivity index (χ1v) is 7.58. The molecule has 6 heteroatoms. The monoisotopic (exact) mass is 319 g/mol. The Morgan fingerprint density at radius 1 is 1.19 bits per heavy atom. The molecule has 0 aromatic rings. The SMILES string of the molecule is CC(C)(C)C(=O)NCCCC(=O)NC1(CN)CCCC1.Cl. The molecule has 0 heterocycles. The normalized spacial score (nSPS) is 17.0. The number of carbonyl (C=O) groups excluding carboxylic acids is 2. The molecule has 0 bridgehead atoms. The predicted octanol–water partition coefficient (Wildman–Crippen LogP) is 1.74. The van der Waals surface area contributed by atoms with Crippen LogP contribution in [-0.2, 0) is 9.59 Å². The number of rotatable bonds is 6. The maximum atomic E-state index is 11.9. The molecule has 124 valence electrons. The van der Waals surface area contributed by atoms with Gasteiger partial charge in [0.2, 0.25) is 11.8 Å². The van der Waals surface area contributed by atoms with E-state index in [1.165, 1.54) is 0 Å². The zero-order chi connectivity index (χ0) is 15.2. The second kappa shape index (κ2) is 8.59. The summed E-state index contributed by atoms with van der Waals surface area (Å²) in [6, 6.07) is 0. The molecule has 0 saturated heterocycles. The van der Waals surface area contributed by atoms with Gasteiger partial charge in [0.15, 0.2) is 0 Å². The highest BCUT2D eigenvalue weighted by atomic mass is 35.5. The number of carbonyl (C=O) groups is 2. The second-order valence-electron chi connectivity index (χ2n) is 6.85. The fourth-order valence-electron chi connectivity index (χ4n) is 2.51. The topological polar surface area (TPSA) is 84.2 Å². The molecule has 4 N–H and O–H groups in total. The molecule has 0 atom stereocenters. The van der Waals surface area contributed by atoms with Crippen molar-refractivity contribution in [3.05, 3.63) is 0 Å². The van der Waals surface area contributed by atoms with Crippen molar-refractivity contribution in [2.24, 2.45) is 11.1 Å². The Morgan fingerprint density at radius 3 is 2.24 bits per heavy atom. The van der Waals surface area contributed by atoms with Crippen LogP contribution in [0, 0.1) is 5.41 Å². The fraction of sp³-hybridized carbons (Fsp3) is 0.867. The van der Waals surface area contributed by atoms with Gasteiger partial charge in [-0.25, -0.2) is 0 Å². The highest BCUT2D eigenvalue weighted by molar-refractivity contribution is 5.85. The van der Waals surface area contributed by atoms with Gasteiger partial charge in [0.25, 0.3) is 0 Å². The van der Waals surface area contributed by atoms with Crippen LogP contribution in [0.3, 0.4) is 0 Å². The van der Waals surface area contributed by atoms with E-state index < -0.39 is 0 Å². The molecule has 5 nitrogen and oxygen atoms in total. The van der Waals surface area contributed by atoms with Crippen LogP contribution in [0.15, 0.2) is 0 Å². The van der Waals surface area contributed by atoms with E-state index >= 15 is 0 Å². The smallest absolute Gasteiger partial charge is 0.225 e. The molecule has 1 aliphatic rings. The van der Waals surface area contributed by atoms with Crippen molar-refractivity contribution >= 4 is 24.2 Å². The van der Waals surface area contributed by atoms with Crippen LogP contribution in [0.1, 0.15) is 59.3 Å². The van der Waals surface area contributed by atoms with E-state index in [-0.39, 0.29) is 35.2 Å². The van der Waals surface area contributed by atoms with Crippen LogP contribution in [0.25, 0.3) is 0 Å². The number of nitrogens with one attached hydrogen (secondary N) is 2. The molecule has 0 aromatic carbocycles. The van der Waals surface area contributed by atoms with Crippen molar-refractivity contribution in [3.63, 3.8) is 0 Å². The summed E-state index contributed by atoms with van der Waals surface area (Å²) in [5.41, 5.74) is 5.23. The highest BCUT2D eigenvalue weighted by Crippen LogP contribution is 2.28. The van der Waals surface area contributed by atoms with Crippen molar-refractivity contribution < 1.29 is 9.59 Å². The van der Waals surface area contributed by atoms with E-state index in [9.17, 15) is 9.59 Å².